The quantitative estimate of drug-likeness (QED) is 0.527. The molecule has 0 heteroatoms. The molecule has 116 valence electrons. The van der Waals surface area contributed by atoms with Crippen molar-refractivity contribution in [1.29, 1.82) is 0 Å². The summed E-state index contributed by atoms with van der Waals surface area (Å²) < 4.78 is 0. The van der Waals surface area contributed by atoms with Crippen LogP contribution in [0.5, 0.6) is 0 Å². The Hall–Kier alpha value is 0. The first-order chi connectivity index (χ1) is 9.40. The third-order valence-corrected chi connectivity index (χ3v) is 8.22. The van der Waals surface area contributed by atoms with Crippen LogP contribution >= 0.6 is 0 Å². The first kappa shape index (κ1) is 14.9. The van der Waals surface area contributed by atoms with E-state index in [1.54, 1.807) is 0 Å². The van der Waals surface area contributed by atoms with Gasteiger partial charge in [-0.05, 0) is 78.9 Å². The minimum Gasteiger partial charge on any atom is -0.0651 e. The van der Waals surface area contributed by atoms with Crippen LogP contribution in [0.2, 0.25) is 0 Å². The van der Waals surface area contributed by atoms with E-state index in [4.69, 9.17) is 0 Å². The van der Waals surface area contributed by atoms with E-state index in [0.29, 0.717) is 10.8 Å². The Morgan fingerprint density at radius 3 is 2.40 bits per heavy atom. The standard InChI is InChI=1S/C20H36/c1-6-15-8-10-17-16(14(15)2)9-11-18-19(3,4)12-7-13-20(17,18)5/h14-18H,6-13H2,1-5H3/t14-,15+,16-,17+,18-,20+/m1/s1. The molecule has 0 bridgehead atoms. The molecule has 0 unspecified atom stereocenters. The van der Waals surface area contributed by atoms with Crippen LogP contribution in [0, 0.1) is 40.4 Å². The lowest BCUT2D eigenvalue weighted by Gasteiger charge is -2.62. The molecule has 0 aromatic rings. The maximum atomic E-state index is 2.69. The van der Waals surface area contributed by atoms with Gasteiger partial charge in [-0.1, -0.05) is 47.5 Å². The summed E-state index contributed by atoms with van der Waals surface area (Å²) >= 11 is 0. The van der Waals surface area contributed by atoms with Crippen molar-refractivity contribution in [3.63, 3.8) is 0 Å². The highest BCUT2D eigenvalue weighted by atomic mass is 14.6. The molecule has 0 heterocycles. The second kappa shape index (κ2) is 5.03. The zero-order chi connectivity index (χ0) is 14.5. The minimum atomic E-state index is 0.600. The molecule has 0 saturated heterocycles. The predicted molar refractivity (Wildman–Crippen MR) is 87.6 cm³/mol. The molecule has 3 rings (SSSR count). The molecule has 0 spiro atoms. The van der Waals surface area contributed by atoms with Gasteiger partial charge in [-0.15, -0.1) is 0 Å². The summed E-state index contributed by atoms with van der Waals surface area (Å²) in [5.74, 6) is 5.09. The maximum Gasteiger partial charge on any atom is -0.0261 e. The van der Waals surface area contributed by atoms with Crippen LogP contribution in [0.1, 0.15) is 86.0 Å². The van der Waals surface area contributed by atoms with E-state index in [1.807, 2.05) is 0 Å². The zero-order valence-electron chi connectivity index (χ0n) is 14.5. The van der Waals surface area contributed by atoms with E-state index in [0.717, 1.165) is 29.6 Å². The Labute approximate surface area is 127 Å². The monoisotopic (exact) mass is 276 g/mol. The van der Waals surface area contributed by atoms with Crippen LogP contribution in [0.15, 0.2) is 0 Å². The van der Waals surface area contributed by atoms with Gasteiger partial charge in [0.1, 0.15) is 0 Å². The van der Waals surface area contributed by atoms with Gasteiger partial charge in [0.2, 0.25) is 0 Å². The fourth-order valence-corrected chi connectivity index (χ4v) is 7.13. The second-order valence-corrected chi connectivity index (χ2v) is 9.35. The summed E-state index contributed by atoms with van der Waals surface area (Å²) in [5, 5.41) is 0. The van der Waals surface area contributed by atoms with Crippen LogP contribution in [0.3, 0.4) is 0 Å². The maximum absolute atomic E-state index is 2.69. The average molecular weight is 277 g/mol. The van der Waals surface area contributed by atoms with Gasteiger partial charge in [0.25, 0.3) is 0 Å². The Morgan fingerprint density at radius 1 is 0.950 bits per heavy atom. The van der Waals surface area contributed by atoms with E-state index in [1.165, 1.54) is 51.4 Å². The molecule has 0 aromatic carbocycles. The van der Waals surface area contributed by atoms with Gasteiger partial charge in [-0.3, -0.25) is 0 Å². The van der Waals surface area contributed by atoms with Crippen molar-refractivity contribution in [3.05, 3.63) is 0 Å². The highest BCUT2D eigenvalue weighted by Gasteiger charge is 2.56. The van der Waals surface area contributed by atoms with Gasteiger partial charge in [0, 0.05) is 0 Å². The summed E-state index contributed by atoms with van der Waals surface area (Å²) in [5.41, 5.74) is 1.26. The number of hydrogen-bond donors (Lipinski definition) is 0. The number of fused-ring (bicyclic) bond motifs is 3. The molecule has 0 radical (unpaired) electrons. The molecular formula is C20H36. The molecule has 3 aliphatic carbocycles. The molecule has 0 aromatic heterocycles. The first-order valence-corrected chi connectivity index (χ1v) is 9.40. The Bertz CT molecular complexity index is 355. The lowest BCUT2D eigenvalue weighted by molar-refractivity contribution is -0.129. The van der Waals surface area contributed by atoms with E-state index in [2.05, 4.69) is 34.6 Å². The lowest BCUT2D eigenvalue weighted by atomic mass is 9.43. The summed E-state index contributed by atoms with van der Waals surface area (Å²) in [6.45, 7) is 12.8. The van der Waals surface area contributed by atoms with Crippen molar-refractivity contribution in [2.75, 3.05) is 0 Å². The molecule has 3 aliphatic rings. The Morgan fingerprint density at radius 2 is 1.70 bits per heavy atom. The zero-order valence-corrected chi connectivity index (χ0v) is 14.5. The fourth-order valence-electron chi connectivity index (χ4n) is 7.13. The Kier molecular flexibility index (Phi) is 3.75. The van der Waals surface area contributed by atoms with Gasteiger partial charge in [-0.25, -0.2) is 0 Å². The predicted octanol–water partition coefficient (Wildman–Crippen LogP) is 6.30. The summed E-state index contributed by atoms with van der Waals surface area (Å²) in [6, 6.07) is 0. The molecule has 6 atom stereocenters. The summed E-state index contributed by atoms with van der Waals surface area (Å²) in [7, 11) is 0. The largest absolute Gasteiger partial charge is 0.0651 e. The lowest BCUT2D eigenvalue weighted by Crippen LogP contribution is -2.54. The van der Waals surface area contributed by atoms with Crippen molar-refractivity contribution >= 4 is 0 Å². The number of rotatable bonds is 1. The van der Waals surface area contributed by atoms with E-state index in [9.17, 15) is 0 Å². The van der Waals surface area contributed by atoms with Gasteiger partial charge in [0.15, 0.2) is 0 Å². The summed E-state index contributed by atoms with van der Waals surface area (Å²) in [4.78, 5) is 0. The molecule has 0 amide bonds. The average Bonchev–Trinajstić information content (AvgIpc) is 2.38. The number of hydrogen-bond acceptors (Lipinski definition) is 0. The van der Waals surface area contributed by atoms with Crippen molar-refractivity contribution < 1.29 is 0 Å². The smallest absolute Gasteiger partial charge is 0.0261 e. The molecule has 0 aliphatic heterocycles. The molecular weight excluding hydrogens is 240 g/mol. The van der Waals surface area contributed by atoms with E-state index in [-0.39, 0.29) is 0 Å². The van der Waals surface area contributed by atoms with Gasteiger partial charge in [-0.2, -0.15) is 0 Å². The molecule has 20 heavy (non-hydrogen) atoms. The van der Waals surface area contributed by atoms with Crippen molar-refractivity contribution in [3.8, 4) is 0 Å². The van der Waals surface area contributed by atoms with Crippen LogP contribution in [0.4, 0.5) is 0 Å². The minimum absolute atomic E-state index is 0.600. The first-order valence-electron chi connectivity index (χ1n) is 9.40. The van der Waals surface area contributed by atoms with Crippen LogP contribution in [0.25, 0.3) is 0 Å². The third kappa shape index (κ3) is 2.08. The molecule has 0 nitrogen and oxygen atoms in total. The van der Waals surface area contributed by atoms with Gasteiger partial charge >= 0.3 is 0 Å². The topological polar surface area (TPSA) is 0 Å². The van der Waals surface area contributed by atoms with E-state index >= 15 is 0 Å². The second-order valence-electron chi connectivity index (χ2n) is 9.35. The summed E-state index contributed by atoms with van der Waals surface area (Å²) in [6.07, 6.45) is 12.0. The normalized spacial score (nSPS) is 51.1. The third-order valence-electron chi connectivity index (χ3n) is 8.22. The van der Waals surface area contributed by atoms with Crippen LogP contribution in [-0.2, 0) is 0 Å². The SMILES string of the molecule is CC[C@H]1CC[C@H]2[C@H](CC[C@@H]3C(C)(C)CCC[C@]32C)[C@@H]1C. The van der Waals surface area contributed by atoms with Crippen molar-refractivity contribution in [2.24, 2.45) is 40.4 Å². The Balaban J connectivity index is 1.88. The highest BCUT2D eigenvalue weighted by molar-refractivity contribution is 5.05. The molecule has 3 saturated carbocycles. The van der Waals surface area contributed by atoms with Crippen LogP contribution in [-0.4, -0.2) is 0 Å². The van der Waals surface area contributed by atoms with Crippen molar-refractivity contribution in [1.82, 2.24) is 0 Å². The molecule has 3 fully saturated rings. The van der Waals surface area contributed by atoms with E-state index < -0.39 is 0 Å². The van der Waals surface area contributed by atoms with Gasteiger partial charge in [0.05, 0.1) is 0 Å². The van der Waals surface area contributed by atoms with Gasteiger partial charge < -0.3 is 0 Å². The molecule has 0 N–H and O–H groups in total. The fraction of sp³-hybridized carbons (Fsp3) is 1.00. The highest BCUT2D eigenvalue weighted by Crippen LogP contribution is 2.65. The van der Waals surface area contributed by atoms with Crippen molar-refractivity contribution in [2.45, 2.75) is 86.0 Å². The van der Waals surface area contributed by atoms with Crippen LogP contribution < -0.4 is 0 Å².